The van der Waals surface area contributed by atoms with Gasteiger partial charge >= 0.3 is 0 Å². The molecule has 1 aliphatic heterocycles. The lowest BCUT2D eigenvalue weighted by atomic mass is 10.1. The summed E-state index contributed by atoms with van der Waals surface area (Å²) in [5.41, 5.74) is 1.97. The number of hydrogen-bond acceptors (Lipinski definition) is 4. The number of rotatable bonds is 3. The highest BCUT2D eigenvalue weighted by Crippen LogP contribution is 2.26. The second-order valence-corrected chi connectivity index (χ2v) is 6.18. The molecule has 1 atom stereocenters. The Balaban J connectivity index is 1.56. The smallest absolute Gasteiger partial charge is 0.227 e. The Hall–Kier alpha value is -3.02. The molecule has 0 unspecified atom stereocenters. The summed E-state index contributed by atoms with van der Waals surface area (Å²) in [5, 5.41) is 4.61. The highest BCUT2D eigenvalue weighted by Gasteiger charge is 2.30. The Morgan fingerprint density at radius 3 is 2.64 bits per heavy atom. The Morgan fingerprint density at radius 1 is 1.12 bits per heavy atom. The second-order valence-electron chi connectivity index (χ2n) is 6.18. The summed E-state index contributed by atoms with van der Waals surface area (Å²) in [4.78, 5) is 23.3. The summed E-state index contributed by atoms with van der Waals surface area (Å²) in [6, 6.07) is 13.6. The number of carbonyl (C=O) groups is 1. The molecule has 4 rings (SSSR count). The van der Waals surface area contributed by atoms with Crippen molar-refractivity contribution in [3.05, 3.63) is 66.2 Å². The van der Waals surface area contributed by atoms with E-state index < -0.39 is 0 Å². The number of aromatic nitrogens is 4. The van der Waals surface area contributed by atoms with E-state index in [0.29, 0.717) is 25.3 Å². The Labute approximate surface area is 146 Å². The van der Waals surface area contributed by atoms with Crippen LogP contribution in [-0.4, -0.2) is 37.1 Å². The van der Waals surface area contributed by atoms with E-state index >= 15 is 0 Å². The number of carbonyl (C=O) groups excluding carboxylic acids is 1. The lowest BCUT2D eigenvalue weighted by molar-refractivity contribution is -0.133. The van der Waals surface area contributed by atoms with Crippen molar-refractivity contribution in [3.63, 3.8) is 0 Å². The lowest BCUT2D eigenvalue weighted by Crippen LogP contribution is -2.42. The summed E-state index contributed by atoms with van der Waals surface area (Å²) >= 11 is 0. The van der Waals surface area contributed by atoms with Crippen LogP contribution in [0.15, 0.2) is 54.9 Å². The summed E-state index contributed by atoms with van der Waals surface area (Å²) < 4.78 is 1.92. The lowest BCUT2D eigenvalue weighted by Gasteiger charge is -2.33. The van der Waals surface area contributed by atoms with Gasteiger partial charge in [-0.15, -0.1) is 0 Å². The van der Waals surface area contributed by atoms with Crippen molar-refractivity contribution in [2.45, 2.75) is 25.9 Å². The molecule has 0 radical (unpaired) electrons. The maximum Gasteiger partial charge on any atom is 0.227 e. The van der Waals surface area contributed by atoms with Crippen LogP contribution in [0.5, 0.6) is 0 Å². The highest BCUT2D eigenvalue weighted by atomic mass is 16.2. The van der Waals surface area contributed by atoms with Gasteiger partial charge in [0.15, 0.2) is 5.82 Å². The Bertz CT molecular complexity index is 875. The molecule has 6 heteroatoms. The molecule has 0 bridgehead atoms. The largest absolute Gasteiger partial charge is 0.331 e. The number of amides is 1. The van der Waals surface area contributed by atoms with Crippen LogP contribution in [0.25, 0.3) is 11.4 Å². The first-order chi connectivity index (χ1) is 12.2. The molecular weight excluding hydrogens is 314 g/mol. The first-order valence-electron chi connectivity index (χ1n) is 8.41. The van der Waals surface area contributed by atoms with E-state index in [4.69, 9.17) is 0 Å². The van der Waals surface area contributed by atoms with Gasteiger partial charge in [-0.25, -0.2) is 9.67 Å². The number of pyridine rings is 1. The van der Waals surface area contributed by atoms with Gasteiger partial charge in [-0.3, -0.25) is 9.78 Å². The van der Waals surface area contributed by atoms with Gasteiger partial charge in [0.2, 0.25) is 5.91 Å². The molecule has 25 heavy (non-hydrogen) atoms. The van der Waals surface area contributed by atoms with Gasteiger partial charge in [0.05, 0.1) is 19.0 Å². The molecule has 6 nitrogen and oxygen atoms in total. The normalized spacial score (nSPS) is 16.5. The molecule has 126 valence electrons. The molecule has 3 heterocycles. The van der Waals surface area contributed by atoms with Gasteiger partial charge in [-0.1, -0.05) is 30.3 Å². The number of benzene rings is 1. The van der Waals surface area contributed by atoms with E-state index in [1.54, 1.807) is 12.4 Å². The highest BCUT2D eigenvalue weighted by molar-refractivity contribution is 5.79. The molecule has 3 aromatic rings. The standard InChI is InChI=1S/C19H19N5O/c1-14-19-21-18(16-5-3-2-4-6-16)22-24(19)12-11-23(14)17(25)13-15-7-9-20-10-8-15/h2-10,14H,11-13H2,1H3/t14-/m0/s1. The van der Waals surface area contributed by atoms with Gasteiger partial charge in [0.25, 0.3) is 0 Å². The van der Waals surface area contributed by atoms with Crippen molar-refractivity contribution >= 4 is 5.91 Å². The monoisotopic (exact) mass is 333 g/mol. The predicted octanol–water partition coefficient (Wildman–Crippen LogP) is 2.49. The van der Waals surface area contributed by atoms with E-state index in [-0.39, 0.29) is 11.9 Å². The average Bonchev–Trinajstić information content (AvgIpc) is 3.09. The number of nitrogens with zero attached hydrogens (tertiary/aromatic N) is 5. The van der Waals surface area contributed by atoms with Gasteiger partial charge in [0, 0.05) is 24.5 Å². The van der Waals surface area contributed by atoms with Crippen LogP contribution in [0.1, 0.15) is 24.4 Å². The minimum Gasteiger partial charge on any atom is -0.331 e. The fourth-order valence-electron chi connectivity index (χ4n) is 3.19. The predicted molar refractivity (Wildman–Crippen MR) is 93.5 cm³/mol. The van der Waals surface area contributed by atoms with Crippen molar-refractivity contribution in [3.8, 4) is 11.4 Å². The van der Waals surface area contributed by atoms with Crippen molar-refractivity contribution in [1.82, 2.24) is 24.6 Å². The maximum absolute atomic E-state index is 12.7. The van der Waals surface area contributed by atoms with Crippen LogP contribution in [0.4, 0.5) is 0 Å². The van der Waals surface area contributed by atoms with Crippen LogP contribution in [-0.2, 0) is 17.8 Å². The zero-order valence-electron chi connectivity index (χ0n) is 14.0. The zero-order valence-corrected chi connectivity index (χ0v) is 14.0. The topological polar surface area (TPSA) is 63.9 Å². The molecule has 0 N–H and O–H groups in total. The van der Waals surface area contributed by atoms with Crippen LogP contribution in [0.2, 0.25) is 0 Å². The molecule has 0 saturated heterocycles. The summed E-state index contributed by atoms with van der Waals surface area (Å²) in [7, 11) is 0. The first-order valence-corrected chi connectivity index (χ1v) is 8.41. The van der Waals surface area contributed by atoms with Crippen LogP contribution >= 0.6 is 0 Å². The third-order valence-electron chi connectivity index (χ3n) is 4.55. The second kappa shape index (κ2) is 6.47. The summed E-state index contributed by atoms with van der Waals surface area (Å²) in [5.74, 6) is 1.66. The molecule has 1 aliphatic rings. The maximum atomic E-state index is 12.7. The zero-order chi connectivity index (χ0) is 17.2. The van der Waals surface area contributed by atoms with Crippen molar-refractivity contribution in [2.24, 2.45) is 0 Å². The van der Waals surface area contributed by atoms with E-state index in [2.05, 4.69) is 15.1 Å². The van der Waals surface area contributed by atoms with Gasteiger partial charge in [-0.2, -0.15) is 5.10 Å². The fraction of sp³-hybridized carbons (Fsp3) is 0.263. The Kier molecular flexibility index (Phi) is 4.01. The molecule has 0 spiro atoms. The first kappa shape index (κ1) is 15.5. The van der Waals surface area contributed by atoms with Crippen molar-refractivity contribution in [1.29, 1.82) is 0 Å². The summed E-state index contributed by atoms with van der Waals surface area (Å²) in [6.45, 7) is 3.33. The number of hydrogen-bond donors (Lipinski definition) is 0. The van der Waals surface area contributed by atoms with Crippen LogP contribution in [0.3, 0.4) is 0 Å². The minimum atomic E-state index is -0.0898. The van der Waals surface area contributed by atoms with E-state index in [1.165, 1.54) is 0 Å². The Morgan fingerprint density at radius 2 is 1.88 bits per heavy atom. The third-order valence-corrected chi connectivity index (χ3v) is 4.55. The van der Waals surface area contributed by atoms with Gasteiger partial charge < -0.3 is 4.90 Å². The van der Waals surface area contributed by atoms with Gasteiger partial charge in [0.1, 0.15) is 5.82 Å². The molecule has 0 fully saturated rings. The van der Waals surface area contributed by atoms with E-state index in [0.717, 1.165) is 17.0 Å². The molecule has 0 saturated carbocycles. The minimum absolute atomic E-state index is 0.0898. The summed E-state index contributed by atoms with van der Waals surface area (Å²) in [6.07, 6.45) is 3.81. The van der Waals surface area contributed by atoms with E-state index in [1.807, 2.05) is 59.0 Å². The van der Waals surface area contributed by atoms with Crippen LogP contribution < -0.4 is 0 Å². The molecule has 2 aromatic heterocycles. The molecular formula is C19H19N5O. The number of fused-ring (bicyclic) bond motifs is 1. The molecule has 1 aromatic carbocycles. The third kappa shape index (κ3) is 3.03. The van der Waals surface area contributed by atoms with E-state index in [9.17, 15) is 4.79 Å². The SMILES string of the molecule is C[C@H]1c2nc(-c3ccccc3)nn2CCN1C(=O)Cc1ccncc1. The molecule has 1 amide bonds. The molecule has 0 aliphatic carbocycles. The average molecular weight is 333 g/mol. The quantitative estimate of drug-likeness (QED) is 0.739. The van der Waals surface area contributed by atoms with Crippen molar-refractivity contribution < 1.29 is 4.79 Å². The van der Waals surface area contributed by atoms with Crippen LogP contribution in [0, 0.1) is 0 Å². The van der Waals surface area contributed by atoms with Gasteiger partial charge in [-0.05, 0) is 24.6 Å². The van der Waals surface area contributed by atoms with Crippen molar-refractivity contribution in [2.75, 3.05) is 6.54 Å². The fourth-order valence-corrected chi connectivity index (χ4v) is 3.19.